The van der Waals surface area contributed by atoms with Crippen LogP contribution in [-0.4, -0.2) is 24.3 Å². The summed E-state index contributed by atoms with van der Waals surface area (Å²) in [7, 11) is 0. The van der Waals surface area contributed by atoms with Crippen LogP contribution in [0, 0.1) is 0 Å². The molecule has 32 heavy (non-hydrogen) atoms. The summed E-state index contributed by atoms with van der Waals surface area (Å²) >= 11 is 24.0. The van der Waals surface area contributed by atoms with Gasteiger partial charge in [-0.25, -0.2) is 5.43 Å². The average molecular weight is 507 g/mol. The molecule has 0 aliphatic carbocycles. The van der Waals surface area contributed by atoms with Crippen LogP contribution in [0.2, 0.25) is 20.1 Å². The molecule has 162 valence electrons. The highest BCUT2D eigenvalue weighted by molar-refractivity contribution is 6.40. The number of benzene rings is 3. The minimum atomic E-state index is -0.574. The molecule has 0 atom stereocenters. The lowest BCUT2D eigenvalue weighted by Crippen LogP contribution is -2.38. The van der Waals surface area contributed by atoms with Crippen molar-refractivity contribution in [2.45, 2.75) is 0 Å². The second-order valence-corrected chi connectivity index (χ2v) is 7.90. The maximum absolute atomic E-state index is 12.7. The molecule has 1 amide bonds. The molecule has 0 heterocycles. The Morgan fingerprint density at radius 2 is 1.28 bits per heavy atom. The normalized spacial score (nSPS) is 11.8. The van der Waals surface area contributed by atoms with E-state index in [4.69, 9.17) is 46.4 Å². The summed E-state index contributed by atoms with van der Waals surface area (Å²) in [6.07, 6.45) is 3.03. The van der Waals surface area contributed by atoms with Crippen molar-refractivity contribution in [1.82, 2.24) is 10.7 Å². The smallest absolute Gasteiger partial charge is 0.261 e. The molecule has 0 saturated carbocycles. The first kappa shape index (κ1) is 23.8. The number of rotatable bonds is 5. The zero-order valence-corrected chi connectivity index (χ0v) is 19.3. The molecule has 2 N–H and O–H groups in total. The number of hydrogen-bond donors (Lipinski definition) is 2. The van der Waals surface area contributed by atoms with Gasteiger partial charge in [0.25, 0.3) is 5.91 Å². The van der Waals surface area contributed by atoms with Gasteiger partial charge in [0.1, 0.15) is 0 Å². The summed E-state index contributed by atoms with van der Waals surface area (Å²) in [6.45, 7) is 0. The molecule has 10 heteroatoms. The number of amides is 1. The molecule has 0 aromatic heterocycles. The van der Waals surface area contributed by atoms with Gasteiger partial charge in [-0.3, -0.25) is 10.1 Å². The van der Waals surface area contributed by atoms with Crippen molar-refractivity contribution in [3.8, 4) is 0 Å². The number of nitrogens with one attached hydrogen (secondary N) is 2. The maximum Gasteiger partial charge on any atom is 0.261 e. The van der Waals surface area contributed by atoms with Gasteiger partial charge in [-0.1, -0.05) is 76.7 Å². The largest absolute Gasteiger partial charge is 0.289 e. The van der Waals surface area contributed by atoms with E-state index < -0.39 is 5.91 Å². The average Bonchev–Trinajstić information content (AvgIpc) is 2.76. The lowest BCUT2D eigenvalue weighted by atomic mass is 10.2. The first-order valence-electron chi connectivity index (χ1n) is 9.09. The quantitative estimate of drug-likeness (QED) is 0.251. The topological polar surface area (TPSA) is 78.2 Å². The van der Waals surface area contributed by atoms with Crippen LogP contribution >= 0.6 is 46.4 Å². The van der Waals surface area contributed by atoms with Gasteiger partial charge in [-0.2, -0.15) is 10.2 Å². The number of halogens is 4. The zero-order chi connectivity index (χ0) is 22.9. The number of guanidine groups is 1. The van der Waals surface area contributed by atoms with E-state index in [1.54, 1.807) is 66.7 Å². The van der Waals surface area contributed by atoms with Crippen molar-refractivity contribution in [3.63, 3.8) is 0 Å². The van der Waals surface area contributed by atoms with Gasteiger partial charge in [-0.15, -0.1) is 5.10 Å². The molecule has 0 saturated heterocycles. The zero-order valence-electron chi connectivity index (χ0n) is 16.3. The van der Waals surface area contributed by atoms with Gasteiger partial charge < -0.3 is 0 Å². The first-order valence-corrected chi connectivity index (χ1v) is 10.6. The van der Waals surface area contributed by atoms with Crippen LogP contribution in [0.3, 0.4) is 0 Å². The van der Waals surface area contributed by atoms with Crippen LogP contribution in [0.15, 0.2) is 82.0 Å². The van der Waals surface area contributed by atoms with E-state index in [9.17, 15) is 4.79 Å². The highest BCUT2D eigenvalue weighted by Crippen LogP contribution is 2.23. The third-order valence-electron chi connectivity index (χ3n) is 3.91. The Kier molecular flexibility index (Phi) is 8.64. The van der Waals surface area contributed by atoms with Crippen LogP contribution in [0.25, 0.3) is 0 Å². The molecule has 3 rings (SSSR count). The minimum Gasteiger partial charge on any atom is -0.289 e. The Bertz CT molecular complexity index is 1160. The van der Waals surface area contributed by atoms with E-state index in [-0.39, 0.29) is 21.6 Å². The molecule has 0 fully saturated rings. The molecule has 3 aromatic carbocycles. The summed E-state index contributed by atoms with van der Waals surface area (Å²) in [5.74, 6) is -0.614. The molecular weight excluding hydrogens is 492 g/mol. The van der Waals surface area contributed by atoms with Crippen molar-refractivity contribution < 1.29 is 4.79 Å². The van der Waals surface area contributed by atoms with Crippen molar-refractivity contribution in [2.75, 3.05) is 0 Å². The van der Waals surface area contributed by atoms with Gasteiger partial charge >= 0.3 is 0 Å². The van der Waals surface area contributed by atoms with E-state index >= 15 is 0 Å². The summed E-state index contributed by atoms with van der Waals surface area (Å²) in [4.78, 5) is 12.7. The van der Waals surface area contributed by atoms with Gasteiger partial charge in [-0.05, 0) is 47.5 Å². The maximum atomic E-state index is 12.7. The van der Waals surface area contributed by atoms with Gasteiger partial charge in [0.15, 0.2) is 0 Å². The van der Waals surface area contributed by atoms with Gasteiger partial charge in [0.2, 0.25) is 5.96 Å². The monoisotopic (exact) mass is 505 g/mol. The van der Waals surface area contributed by atoms with Crippen LogP contribution in [0.1, 0.15) is 21.5 Å². The fourth-order valence-corrected chi connectivity index (χ4v) is 3.20. The Morgan fingerprint density at radius 3 is 1.84 bits per heavy atom. The van der Waals surface area contributed by atoms with Crippen LogP contribution in [-0.2, 0) is 0 Å². The highest BCUT2D eigenvalue weighted by atomic mass is 35.5. The highest BCUT2D eigenvalue weighted by Gasteiger charge is 2.16. The number of carbonyl (C=O) groups excluding carboxylic acids is 1. The molecule has 0 aliphatic heterocycles. The molecular formula is C22H15Cl4N5O. The lowest BCUT2D eigenvalue weighted by molar-refractivity contribution is 0.0976. The van der Waals surface area contributed by atoms with E-state index in [1.165, 1.54) is 12.4 Å². The third-order valence-corrected chi connectivity index (χ3v) is 5.04. The number of hydrogen-bond acceptors (Lipinski definition) is 4. The predicted molar refractivity (Wildman–Crippen MR) is 133 cm³/mol. The third kappa shape index (κ3) is 7.07. The summed E-state index contributed by atoms with van der Waals surface area (Å²) < 4.78 is 0. The molecule has 0 radical (unpaired) electrons. The molecule has 0 unspecified atom stereocenters. The summed E-state index contributed by atoms with van der Waals surface area (Å²) in [6, 6.07) is 18.8. The summed E-state index contributed by atoms with van der Waals surface area (Å²) in [5, 5.41) is 16.2. The lowest BCUT2D eigenvalue weighted by Gasteiger charge is -2.09. The van der Waals surface area contributed by atoms with Gasteiger partial charge in [0.05, 0.1) is 28.0 Å². The Hall–Kier alpha value is -2.90. The predicted octanol–water partition coefficient (Wildman–Crippen LogP) is 6.04. The van der Waals surface area contributed by atoms with Crippen molar-refractivity contribution in [1.29, 1.82) is 0 Å². The molecule has 0 spiro atoms. The van der Waals surface area contributed by atoms with Crippen LogP contribution in [0.4, 0.5) is 0 Å². The standard InChI is InChI=1S/C22H15Cl4N5O/c23-16-8-4-14(5-9-16)12-27-30-22(31-28-13-15-6-10-17(24)11-7-15)29-21(32)20-18(25)2-1-3-19(20)26/h1-13H,(H2,29,30,31,32)/b27-12+,28-13+. The van der Waals surface area contributed by atoms with E-state index in [2.05, 4.69) is 26.0 Å². The van der Waals surface area contributed by atoms with Crippen molar-refractivity contribution >= 4 is 70.7 Å². The minimum absolute atomic E-state index is 0.0404. The second kappa shape index (κ2) is 11.6. The summed E-state index contributed by atoms with van der Waals surface area (Å²) in [5.41, 5.74) is 4.31. The number of carbonyl (C=O) groups is 1. The molecule has 0 aliphatic rings. The SMILES string of the molecule is O=C(N/C(=N/N=C/c1ccc(Cl)cc1)N/N=C/c1ccc(Cl)cc1)c1c(Cl)cccc1Cl. The van der Waals surface area contributed by atoms with E-state index in [1.807, 2.05) is 0 Å². The second-order valence-electron chi connectivity index (χ2n) is 6.22. The van der Waals surface area contributed by atoms with E-state index in [0.717, 1.165) is 11.1 Å². The molecule has 6 nitrogen and oxygen atoms in total. The van der Waals surface area contributed by atoms with Crippen molar-refractivity contribution in [2.24, 2.45) is 15.3 Å². The fourth-order valence-electron chi connectivity index (χ4n) is 2.38. The number of hydrazone groups is 1. The Labute approximate surface area is 204 Å². The Balaban J connectivity index is 1.79. The van der Waals surface area contributed by atoms with E-state index in [0.29, 0.717) is 10.0 Å². The van der Waals surface area contributed by atoms with Crippen LogP contribution < -0.4 is 10.7 Å². The van der Waals surface area contributed by atoms with Crippen molar-refractivity contribution in [3.05, 3.63) is 104 Å². The number of nitrogens with zero attached hydrogens (tertiary/aromatic N) is 3. The first-order chi connectivity index (χ1) is 15.4. The molecule has 0 bridgehead atoms. The van der Waals surface area contributed by atoms with Crippen LogP contribution in [0.5, 0.6) is 0 Å². The fraction of sp³-hybridized carbons (Fsp3) is 0. The Morgan fingerprint density at radius 1 is 0.750 bits per heavy atom. The molecule has 3 aromatic rings. The van der Waals surface area contributed by atoms with Gasteiger partial charge in [0, 0.05) is 10.0 Å².